The van der Waals surface area contributed by atoms with Gasteiger partial charge >= 0.3 is 0 Å². The Bertz CT molecular complexity index is 697. The fraction of sp³-hybridized carbons (Fsp3) is 0.294. The zero-order chi connectivity index (χ0) is 16.2. The van der Waals surface area contributed by atoms with E-state index in [-0.39, 0.29) is 5.91 Å². The van der Waals surface area contributed by atoms with Gasteiger partial charge in [-0.15, -0.1) is 0 Å². The van der Waals surface area contributed by atoms with Crippen LogP contribution in [0.4, 0.5) is 11.5 Å². The van der Waals surface area contributed by atoms with Crippen LogP contribution in [0.1, 0.15) is 29.6 Å². The van der Waals surface area contributed by atoms with Gasteiger partial charge in [0, 0.05) is 18.7 Å². The normalized spacial score (nSPS) is 14.6. The Morgan fingerprint density at radius 2 is 1.83 bits per heavy atom. The monoisotopic (exact) mass is 349 g/mol. The molecule has 2 aromatic rings. The van der Waals surface area contributed by atoms with Crippen molar-refractivity contribution in [1.82, 2.24) is 4.98 Å². The molecule has 1 N–H and O–H groups in total. The highest BCUT2D eigenvalue weighted by Crippen LogP contribution is 2.23. The number of piperidine rings is 1. The van der Waals surface area contributed by atoms with Gasteiger partial charge < -0.3 is 10.2 Å². The first kappa shape index (κ1) is 16.1. The molecule has 1 aromatic carbocycles. The lowest BCUT2D eigenvalue weighted by Crippen LogP contribution is -2.29. The highest BCUT2D eigenvalue weighted by Gasteiger charge is 2.12. The van der Waals surface area contributed by atoms with Crippen LogP contribution in [0.25, 0.3) is 0 Å². The van der Waals surface area contributed by atoms with E-state index in [0.29, 0.717) is 21.4 Å². The number of nitrogens with zero attached hydrogens (tertiary/aromatic N) is 2. The molecule has 0 atom stereocenters. The summed E-state index contributed by atoms with van der Waals surface area (Å²) in [5.74, 6) is 0.253. The summed E-state index contributed by atoms with van der Waals surface area (Å²) in [6.45, 7) is 2.13. The van der Waals surface area contributed by atoms with Crippen molar-refractivity contribution in [2.45, 2.75) is 19.3 Å². The summed E-state index contributed by atoms with van der Waals surface area (Å²) in [7, 11) is 0. The summed E-state index contributed by atoms with van der Waals surface area (Å²) in [4.78, 5) is 18.8. The minimum absolute atomic E-state index is 0.262. The Kier molecular flexibility index (Phi) is 5.03. The molecule has 2 heterocycles. The van der Waals surface area contributed by atoms with Crippen LogP contribution in [0.5, 0.6) is 0 Å². The highest BCUT2D eigenvalue weighted by atomic mass is 35.5. The van der Waals surface area contributed by atoms with E-state index in [4.69, 9.17) is 23.2 Å². The summed E-state index contributed by atoms with van der Waals surface area (Å²) in [6, 6.07) is 8.58. The number of benzene rings is 1. The molecule has 0 aliphatic carbocycles. The van der Waals surface area contributed by atoms with E-state index in [1.54, 1.807) is 24.4 Å². The molecule has 1 fully saturated rings. The SMILES string of the molecule is O=C(Nc1ccc(N2CCCCC2)cn1)c1ccc(Cl)c(Cl)c1. The van der Waals surface area contributed by atoms with Gasteiger partial charge in [-0.3, -0.25) is 4.79 Å². The van der Waals surface area contributed by atoms with Crippen LogP contribution < -0.4 is 10.2 Å². The lowest BCUT2D eigenvalue weighted by Gasteiger charge is -2.28. The van der Waals surface area contributed by atoms with Crippen molar-refractivity contribution < 1.29 is 4.79 Å². The molecule has 120 valence electrons. The van der Waals surface area contributed by atoms with Gasteiger partial charge in [0.15, 0.2) is 0 Å². The van der Waals surface area contributed by atoms with Crippen LogP contribution in [0, 0.1) is 0 Å². The summed E-state index contributed by atoms with van der Waals surface area (Å²) in [6.07, 6.45) is 5.53. The Hall–Kier alpha value is -1.78. The average molecular weight is 350 g/mol. The van der Waals surface area contributed by atoms with E-state index in [9.17, 15) is 4.79 Å². The first-order valence-corrected chi connectivity index (χ1v) is 8.36. The molecule has 1 aromatic heterocycles. The molecule has 6 heteroatoms. The molecule has 3 rings (SSSR count). The maximum atomic E-state index is 12.2. The fourth-order valence-electron chi connectivity index (χ4n) is 2.63. The lowest BCUT2D eigenvalue weighted by molar-refractivity contribution is 0.102. The zero-order valence-electron chi connectivity index (χ0n) is 12.6. The van der Waals surface area contributed by atoms with E-state index in [1.807, 2.05) is 12.1 Å². The molecular formula is C17H17Cl2N3O. The van der Waals surface area contributed by atoms with Crippen LogP contribution >= 0.6 is 23.2 Å². The second-order valence-corrected chi connectivity index (χ2v) is 6.35. The van der Waals surface area contributed by atoms with Crippen LogP contribution in [0.3, 0.4) is 0 Å². The number of rotatable bonds is 3. The van der Waals surface area contributed by atoms with Gasteiger partial charge in [-0.05, 0) is 49.6 Å². The second-order valence-electron chi connectivity index (χ2n) is 5.53. The topological polar surface area (TPSA) is 45.2 Å². The number of halogens is 2. The van der Waals surface area contributed by atoms with Gasteiger partial charge in [0.1, 0.15) is 5.82 Å². The van der Waals surface area contributed by atoms with Crippen LogP contribution in [-0.2, 0) is 0 Å². The third-order valence-corrected chi connectivity index (χ3v) is 4.63. The number of aromatic nitrogens is 1. The Labute approximate surface area is 145 Å². The maximum absolute atomic E-state index is 12.2. The summed E-state index contributed by atoms with van der Waals surface area (Å²) in [5.41, 5.74) is 1.54. The van der Waals surface area contributed by atoms with Gasteiger partial charge in [0.05, 0.1) is 21.9 Å². The largest absolute Gasteiger partial charge is 0.370 e. The molecule has 0 unspecified atom stereocenters. The number of nitrogens with one attached hydrogen (secondary N) is 1. The predicted molar refractivity (Wildman–Crippen MR) is 94.7 cm³/mol. The van der Waals surface area contributed by atoms with Crippen LogP contribution in [0.15, 0.2) is 36.5 Å². The molecule has 4 nitrogen and oxygen atoms in total. The number of amides is 1. The molecule has 0 radical (unpaired) electrons. The Morgan fingerprint density at radius 1 is 1.04 bits per heavy atom. The molecular weight excluding hydrogens is 333 g/mol. The van der Waals surface area contributed by atoms with E-state index in [0.717, 1.165) is 18.8 Å². The minimum Gasteiger partial charge on any atom is -0.370 e. The molecule has 1 aliphatic rings. The average Bonchev–Trinajstić information content (AvgIpc) is 2.59. The minimum atomic E-state index is -0.262. The number of carbonyl (C=O) groups is 1. The second kappa shape index (κ2) is 7.20. The van der Waals surface area contributed by atoms with E-state index in [1.165, 1.54) is 19.3 Å². The molecule has 0 bridgehead atoms. The van der Waals surface area contributed by atoms with Gasteiger partial charge in [-0.1, -0.05) is 23.2 Å². The van der Waals surface area contributed by atoms with Crippen LogP contribution in [0.2, 0.25) is 10.0 Å². The van der Waals surface area contributed by atoms with Crippen molar-refractivity contribution in [2.75, 3.05) is 23.3 Å². The van der Waals surface area contributed by atoms with Gasteiger partial charge in [0.2, 0.25) is 0 Å². The Balaban J connectivity index is 1.67. The molecule has 1 saturated heterocycles. The van der Waals surface area contributed by atoms with Gasteiger partial charge in [-0.25, -0.2) is 4.98 Å². The highest BCUT2D eigenvalue weighted by molar-refractivity contribution is 6.42. The summed E-state index contributed by atoms with van der Waals surface area (Å²) >= 11 is 11.8. The maximum Gasteiger partial charge on any atom is 0.256 e. The van der Waals surface area contributed by atoms with Crippen LogP contribution in [-0.4, -0.2) is 24.0 Å². The zero-order valence-corrected chi connectivity index (χ0v) is 14.1. The first-order valence-electron chi connectivity index (χ1n) is 7.61. The fourth-order valence-corrected chi connectivity index (χ4v) is 2.92. The number of hydrogen-bond acceptors (Lipinski definition) is 3. The molecule has 1 aliphatic heterocycles. The third kappa shape index (κ3) is 3.95. The lowest BCUT2D eigenvalue weighted by atomic mass is 10.1. The van der Waals surface area contributed by atoms with Crippen molar-refractivity contribution in [2.24, 2.45) is 0 Å². The molecule has 1 amide bonds. The predicted octanol–water partition coefficient (Wildman–Crippen LogP) is 4.63. The number of anilines is 2. The smallest absolute Gasteiger partial charge is 0.256 e. The van der Waals surface area contributed by atoms with E-state index >= 15 is 0 Å². The molecule has 0 saturated carbocycles. The Morgan fingerprint density at radius 3 is 2.48 bits per heavy atom. The standard InChI is InChI=1S/C17H17Cl2N3O/c18-14-6-4-12(10-15(14)19)17(23)21-16-7-5-13(11-20-16)22-8-2-1-3-9-22/h4-7,10-11H,1-3,8-9H2,(H,20,21,23). The van der Waals surface area contributed by atoms with Crippen molar-refractivity contribution in [3.8, 4) is 0 Å². The summed E-state index contributed by atoms with van der Waals surface area (Å²) in [5, 5.41) is 3.54. The quantitative estimate of drug-likeness (QED) is 0.878. The first-order chi connectivity index (χ1) is 11.1. The van der Waals surface area contributed by atoms with Crippen molar-refractivity contribution in [3.63, 3.8) is 0 Å². The van der Waals surface area contributed by atoms with Crippen molar-refractivity contribution in [3.05, 3.63) is 52.1 Å². The van der Waals surface area contributed by atoms with Gasteiger partial charge in [-0.2, -0.15) is 0 Å². The van der Waals surface area contributed by atoms with E-state index in [2.05, 4.69) is 15.2 Å². The van der Waals surface area contributed by atoms with Crippen molar-refractivity contribution in [1.29, 1.82) is 0 Å². The molecule has 0 spiro atoms. The number of pyridine rings is 1. The van der Waals surface area contributed by atoms with Gasteiger partial charge in [0.25, 0.3) is 5.91 Å². The number of hydrogen-bond donors (Lipinski definition) is 1. The third-order valence-electron chi connectivity index (χ3n) is 3.89. The summed E-state index contributed by atoms with van der Waals surface area (Å²) < 4.78 is 0. The number of carbonyl (C=O) groups excluding carboxylic acids is 1. The molecule has 23 heavy (non-hydrogen) atoms. The van der Waals surface area contributed by atoms with Crippen molar-refractivity contribution >= 4 is 40.6 Å². The van der Waals surface area contributed by atoms with E-state index < -0.39 is 0 Å².